The average molecular weight is 278 g/mol. The molecule has 0 bridgehead atoms. The normalized spacial score (nSPS) is 10.3. The van der Waals surface area contributed by atoms with Crippen LogP contribution in [-0.4, -0.2) is 4.98 Å². The van der Waals surface area contributed by atoms with Crippen molar-refractivity contribution in [2.75, 3.05) is 0 Å². The molecule has 0 saturated carbocycles. The van der Waals surface area contributed by atoms with E-state index in [4.69, 9.17) is 10.00 Å². The molecule has 0 unspecified atom stereocenters. The highest BCUT2D eigenvalue weighted by atomic mass is 19.1. The zero-order chi connectivity index (χ0) is 14.8. The number of rotatable bonds is 2. The molecule has 0 N–H and O–H groups in total. The highest BCUT2D eigenvalue weighted by Gasteiger charge is 2.12. The number of hydrogen-bond donors (Lipinski definition) is 0. The first kappa shape index (κ1) is 13.1. The minimum atomic E-state index is -0.598. The first-order chi connectivity index (χ1) is 10.2. The Labute approximate surface area is 121 Å². The van der Waals surface area contributed by atoms with Gasteiger partial charge in [0.1, 0.15) is 28.7 Å². The topological polar surface area (TPSA) is 45.9 Å². The number of pyridine rings is 1. The van der Waals surface area contributed by atoms with Crippen LogP contribution >= 0.6 is 0 Å². The Balaban J connectivity index is 2.13. The van der Waals surface area contributed by atoms with Crippen molar-refractivity contribution < 1.29 is 9.13 Å². The molecule has 1 heterocycles. The lowest BCUT2D eigenvalue weighted by Gasteiger charge is -2.10. The molecule has 0 radical (unpaired) electrons. The molecule has 0 amide bonds. The van der Waals surface area contributed by atoms with E-state index in [2.05, 4.69) is 4.98 Å². The fourth-order valence-corrected chi connectivity index (χ4v) is 2.12. The molecule has 0 atom stereocenters. The van der Waals surface area contributed by atoms with E-state index < -0.39 is 5.82 Å². The summed E-state index contributed by atoms with van der Waals surface area (Å²) in [5.41, 5.74) is 1.44. The number of fused-ring (bicyclic) bond motifs is 1. The van der Waals surface area contributed by atoms with Gasteiger partial charge < -0.3 is 4.74 Å². The van der Waals surface area contributed by atoms with Crippen LogP contribution in [0.15, 0.2) is 48.5 Å². The Morgan fingerprint density at radius 3 is 2.62 bits per heavy atom. The molecule has 2 aromatic carbocycles. The van der Waals surface area contributed by atoms with Gasteiger partial charge >= 0.3 is 0 Å². The summed E-state index contributed by atoms with van der Waals surface area (Å²) in [4.78, 5) is 4.45. The summed E-state index contributed by atoms with van der Waals surface area (Å²) in [5, 5.41) is 9.97. The lowest BCUT2D eigenvalue weighted by molar-refractivity contribution is 0.478. The van der Waals surface area contributed by atoms with Crippen molar-refractivity contribution in [1.82, 2.24) is 4.98 Å². The Hall–Kier alpha value is -2.93. The van der Waals surface area contributed by atoms with Gasteiger partial charge in [-0.3, -0.25) is 0 Å². The van der Waals surface area contributed by atoms with Crippen molar-refractivity contribution >= 4 is 10.9 Å². The minimum Gasteiger partial charge on any atom is -0.454 e. The van der Waals surface area contributed by atoms with Crippen molar-refractivity contribution in [3.05, 3.63) is 65.6 Å². The zero-order valence-corrected chi connectivity index (χ0v) is 11.3. The number of aryl methyl sites for hydroxylation is 1. The molecule has 0 spiro atoms. The van der Waals surface area contributed by atoms with Gasteiger partial charge in [-0.2, -0.15) is 5.26 Å². The van der Waals surface area contributed by atoms with Crippen LogP contribution in [0.5, 0.6) is 11.5 Å². The molecule has 0 saturated heterocycles. The van der Waals surface area contributed by atoms with E-state index in [1.54, 1.807) is 12.1 Å². The summed E-state index contributed by atoms with van der Waals surface area (Å²) in [6.45, 7) is 1.89. The van der Waals surface area contributed by atoms with E-state index in [-0.39, 0.29) is 11.3 Å². The Morgan fingerprint density at radius 2 is 1.81 bits per heavy atom. The molecule has 3 nitrogen and oxygen atoms in total. The predicted molar refractivity (Wildman–Crippen MR) is 77.7 cm³/mol. The molecule has 3 aromatic rings. The molecule has 1 aromatic heterocycles. The van der Waals surface area contributed by atoms with Gasteiger partial charge in [0.25, 0.3) is 0 Å². The average Bonchev–Trinajstić information content (AvgIpc) is 2.48. The molecular formula is C17H11FN2O. The summed E-state index contributed by atoms with van der Waals surface area (Å²) < 4.78 is 19.3. The van der Waals surface area contributed by atoms with E-state index >= 15 is 0 Å². The van der Waals surface area contributed by atoms with Crippen LogP contribution in [0.3, 0.4) is 0 Å². The Bertz CT molecular complexity index is 868. The smallest absolute Gasteiger partial charge is 0.153 e. The molecule has 3 rings (SSSR count). The van der Waals surface area contributed by atoms with E-state index in [0.29, 0.717) is 11.3 Å². The van der Waals surface area contributed by atoms with E-state index in [0.717, 1.165) is 11.1 Å². The van der Waals surface area contributed by atoms with Gasteiger partial charge in [0.2, 0.25) is 0 Å². The van der Waals surface area contributed by atoms with Crippen LogP contribution in [0.1, 0.15) is 11.3 Å². The van der Waals surface area contributed by atoms with Crippen molar-refractivity contribution in [2.24, 2.45) is 0 Å². The van der Waals surface area contributed by atoms with Gasteiger partial charge in [-0.15, -0.1) is 0 Å². The van der Waals surface area contributed by atoms with Gasteiger partial charge in [0.15, 0.2) is 5.75 Å². The van der Waals surface area contributed by atoms with E-state index in [1.807, 2.05) is 37.3 Å². The number of nitrogens with zero attached hydrogens (tertiary/aromatic N) is 2. The number of nitriles is 1. The lowest BCUT2D eigenvalue weighted by atomic mass is 10.2. The monoisotopic (exact) mass is 278 g/mol. The van der Waals surface area contributed by atoms with Gasteiger partial charge in [-0.1, -0.05) is 24.3 Å². The summed E-state index contributed by atoms with van der Waals surface area (Å²) in [5.74, 6) is 0.0889. The maximum absolute atomic E-state index is 13.6. The number of halogens is 1. The Kier molecular flexibility index (Phi) is 3.25. The fraction of sp³-hybridized carbons (Fsp3) is 0.0588. The summed E-state index contributed by atoms with van der Waals surface area (Å²) in [7, 11) is 0. The molecule has 0 aliphatic heterocycles. The van der Waals surface area contributed by atoms with Crippen molar-refractivity contribution in [3.8, 4) is 17.6 Å². The Morgan fingerprint density at radius 1 is 1.05 bits per heavy atom. The minimum absolute atomic E-state index is 0.109. The first-order valence-corrected chi connectivity index (χ1v) is 6.42. The van der Waals surface area contributed by atoms with Crippen LogP contribution in [0, 0.1) is 24.1 Å². The highest BCUT2D eigenvalue weighted by molar-refractivity contribution is 5.84. The number of aromatic nitrogens is 1. The van der Waals surface area contributed by atoms with Gasteiger partial charge in [0.05, 0.1) is 0 Å². The van der Waals surface area contributed by atoms with Crippen molar-refractivity contribution in [2.45, 2.75) is 6.92 Å². The van der Waals surface area contributed by atoms with Crippen LogP contribution in [0.2, 0.25) is 0 Å². The summed E-state index contributed by atoms with van der Waals surface area (Å²) in [6, 6.07) is 15.5. The third kappa shape index (κ3) is 2.41. The van der Waals surface area contributed by atoms with Crippen LogP contribution in [0.4, 0.5) is 4.39 Å². The highest BCUT2D eigenvalue weighted by Crippen LogP contribution is 2.31. The molecule has 4 heteroatoms. The zero-order valence-electron chi connectivity index (χ0n) is 11.3. The molecule has 0 fully saturated rings. The fourth-order valence-electron chi connectivity index (χ4n) is 2.12. The number of hydrogen-bond acceptors (Lipinski definition) is 3. The van der Waals surface area contributed by atoms with Crippen LogP contribution in [-0.2, 0) is 0 Å². The SMILES string of the molecule is Cc1ccc2cccc(Oc3cccc(F)c3C#N)c2n1. The molecule has 102 valence electrons. The number of benzene rings is 2. The number of ether oxygens (including phenoxy) is 1. The van der Waals surface area contributed by atoms with Gasteiger partial charge in [-0.05, 0) is 31.2 Å². The largest absolute Gasteiger partial charge is 0.454 e. The summed E-state index contributed by atoms with van der Waals surface area (Å²) >= 11 is 0. The third-order valence-corrected chi connectivity index (χ3v) is 3.13. The van der Waals surface area contributed by atoms with Crippen molar-refractivity contribution in [3.63, 3.8) is 0 Å². The maximum atomic E-state index is 13.6. The van der Waals surface area contributed by atoms with Crippen molar-refractivity contribution in [1.29, 1.82) is 5.26 Å². The summed E-state index contributed by atoms with van der Waals surface area (Å²) in [6.07, 6.45) is 0. The quantitative estimate of drug-likeness (QED) is 0.700. The first-order valence-electron chi connectivity index (χ1n) is 6.42. The second kappa shape index (κ2) is 5.22. The van der Waals surface area contributed by atoms with Crippen LogP contribution < -0.4 is 4.74 Å². The second-order valence-corrected chi connectivity index (χ2v) is 4.61. The molecule has 0 aliphatic rings. The second-order valence-electron chi connectivity index (χ2n) is 4.61. The molecule has 21 heavy (non-hydrogen) atoms. The third-order valence-electron chi connectivity index (χ3n) is 3.13. The van der Waals surface area contributed by atoms with Gasteiger partial charge in [0, 0.05) is 11.1 Å². The molecular weight excluding hydrogens is 267 g/mol. The molecule has 0 aliphatic carbocycles. The lowest BCUT2D eigenvalue weighted by Crippen LogP contribution is -1.93. The van der Waals surface area contributed by atoms with Gasteiger partial charge in [-0.25, -0.2) is 9.37 Å². The predicted octanol–water partition coefficient (Wildman–Crippen LogP) is 4.35. The standard InChI is InChI=1S/C17H11FN2O/c1-11-8-9-12-4-2-7-16(17(12)20-11)21-15-6-3-5-14(18)13(15)10-19/h2-9H,1H3. The van der Waals surface area contributed by atoms with Crippen LogP contribution in [0.25, 0.3) is 10.9 Å². The van der Waals surface area contributed by atoms with E-state index in [1.165, 1.54) is 12.1 Å². The van der Waals surface area contributed by atoms with E-state index in [9.17, 15) is 4.39 Å². The maximum Gasteiger partial charge on any atom is 0.153 e. The number of para-hydroxylation sites is 1.